The fraction of sp³-hybridized carbons (Fsp3) is 0.0435. The van der Waals surface area contributed by atoms with Gasteiger partial charge in [0.2, 0.25) is 45.6 Å². The number of pyridine rings is 18. The van der Waals surface area contributed by atoms with E-state index in [1.165, 1.54) is 98.4 Å². The molecule has 4 spiro atoms. The summed E-state index contributed by atoms with van der Waals surface area (Å²) in [5, 5.41) is 9.54. The highest BCUT2D eigenvalue weighted by Gasteiger charge is 2.90. The lowest BCUT2D eigenvalue weighted by atomic mass is 9.95. The van der Waals surface area contributed by atoms with Gasteiger partial charge in [0, 0.05) is 173 Å². The van der Waals surface area contributed by atoms with Crippen LogP contribution in [-0.2, 0) is 23.6 Å². The largest absolute Gasteiger partial charge is 0.771 e. The molecule has 0 aliphatic carbocycles. The van der Waals surface area contributed by atoms with Gasteiger partial charge in [-0.1, -0.05) is 0 Å². The van der Waals surface area contributed by atoms with Crippen molar-refractivity contribution in [3.8, 4) is 90.1 Å². The second-order valence-electron chi connectivity index (χ2n) is 32.2. The number of hydrogen-bond donors (Lipinski definition) is 0. The minimum absolute atomic E-state index is 0.952. The highest BCUT2D eigenvalue weighted by molar-refractivity contribution is 6.08. The Labute approximate surface area is 615 Å². The Morgan fingerprint density at radius 2 is 0.345 bits per heavy atom. The average Bonchev–Trinajstić information content (AvgIpc) is 1.41. The summed E-state index contributed by atoms with van der Waals surface area (Å²) in [6.07, 6.45) is 23.2. The summed E-state index contributed by atoms with van der Waals surface area (Å²) in [4.78, 5) is 10.3. The van der Waals surface area contributed by atoms with E-state index < -0.39 is 23.6 Å². The molecular weight excluding hydrogens is 1360 g/mol. The molecule has 0 fully saturated rings. The maximum atomic E-state index is 5.14. The molecule has 0 saturated carbocycles. The van der Waals surface area contributed by atoms with Crippen LogP contribution in [0.15, 0.2) is 280 Å². The predicted octanol–water partition coefficient (Wildman–Crippen LogP) is 6.02. The van der Waals surface area contributed by atoms with Crippen LogP contribution >= 0.6 is 0 Å². The van der Waals surface area contributed by atoms with Gasteiger partial charge in [-0.15, -0.1) is 0 Å². The number of fused-ring (bicyclic) bond motifs is 8. The van der Waals surface area contributed by atoms with Crippen molar-refractivity contribution in [2.75, 3.05) is 0 Å². The molecule has 0 amide bonds. The lowest BCUT2D eigenvalue weighted by Crippen LogP contribution is -3.00. The molecule has 4 unspecified atom stereocenters. The Bertz CT molecular complexity index is 8520. The van der Waals surface area contributed by atoms with Crippen molar-refractivity contribution in [2.24, 2.45) is 0 Å². The van der Waals surface area contributed by atoms with Crippen LogP contribution in [0, 0.1) is 0 Å². The molecule has 18 heteroatoms. The third kappa shape index (κ3) is 4.39. The predicted molar refractivity (Wildman–Crippen MR) is 393 cm³/mol. The van der Waals surface area contributed by atoms with Gasteiger partial charge in [0.15, 0.2) is 49.6 Å². The molecule has 30 heterocycles. The monoisotopic (exact) mass is 1400 g/mol. The topological polar surface area (TPSA) is 87.9 Å². The van der Waals surface area contributed by atoms with Crippen LogP contribution in [0.1, 0.15) is 0 Å². The molecule has 4 atom stereocenters. The molecule has 0 bridgehead atoms. The molecule has 12 aliphatic rings. The Balaban J connectivity index is 0.715. The second-order valence-corrected chi connectivity index (χ2v) is 32.2. The molecule has 0 N–H and O–H groups in total. The lowest BCUT2D eigenvalue weighted by Gasteiger charge is -2.25. The zero-order valence-electron chi connectivity index (χ0n) is 57.6. The van der Waals surface area contributed by atoms with Gasteiger partial charge in [-0.2, -0.15) is 0 Å². The Morgan fingerprint density at radius 3 is 0.555 bits per heavy atom. The Kier molecular flexibility index (Phi) is 7.09. The van der Waals surface area contributed by atoms with Crippen LogP contribution in [0.3, 0.4) is 0 Å². The number of hydrogen-bond acceptors (Lipinski definition) is 2. The fourth-order valence-corrected chi connectivity index (χ4v) is 25.0. The Hall–Kier alpha value is -15.0. The molecule has 18 nitrogen and oxygen atoms in total. The molecule has 0 saturated heterocycles. The first kappa shape index (κ1) is 51.2. The molecule has 0 radical (unpaired) electrons. The molecular formula is C92H46N18+16. The summed E-state index contributed by atoms with van der Waals surface area (Å²) in [5.74, 6) is -4.23. The van der Waals surface area contributed by atoms with E-state index in [-0.39, 0.29) is 0 Å². The van der Waals surface area contributed by atoms with Crippen molar-refractivity contribution in [3.05, 3.63) is 280 Å². The summed E-state index contributed by atoms with van der Waals surface area (Å²) in [7, 11) is 0. The summed E-state index contributed by atoms with van der Waals surface area (Å²) in [6, 6.07) is 84.6. The minimum Gasteiger partial charge on any atom is -0.250 e. The van der Waals surface area contributed by atoms with Crippen molar-refractivity contribution < 1.29 is 73.1 Å². The summed E-state index contributed by atoms with van der Waals surface area (Å²) < 4.78 is 42.6. The number of aromatic nitrogens is 18. The van der Waals surface area contributed by atoms with Crippen molar-refractivity contribution >= 4 is 142 Å². The third-order valence-corrected chi connectivity index (χ3v) is 28.5. The summed E-state index contributed by atoms with van der Waals surface area (Å²) >= 11 is 0. The van der Waals surface area contributed by atoms with Gasteiger partial charge in [-0.3, -0.25) is 0 Å². The zero-order valence-corrected chi connectivity index (χ0v) is 57.6. The second kappa shape index (κ2) is 15.2. The molecule has 22 aromatic rings. The van der Waals surface area contributed by atoms with Crippen LogP contribution in [0.25, 0.3) is 232 Å². The van der Waals surface area contributed by atoms with Crippen LogP contribution in [0.5, 0.6) is 0 Å². The maximum absolute atomic E-state index is 5.14. The first-order valence-electron chi connectivity index (χ1n) is 38.0. The summed E-state index contributed by atoms with van der Waals surface area (Å²) in [6.45, 7) is 0. The first-order chi connectivity index (χ1) is 54.6. The molecule has 18 aromatic heterocycles. The van der Waals surface area contributed by atoms with Crippen molar-refractivity contribution in [1.82, 2.24) is 9.97 Å². The Morgan fingerprint density at radius 1 is 0.164 bits per heavy atom. The standard InChI is InChI=1S/C92H46N18/c1-3-63-81-55(29-37-93-63)65-21-13-47-5-7-49-15-23-67-57-33-43-99-85-59(31-41-97(83(57)85)89(95(81)39-1)103(65)73(47)75(49)105(67)89)69-25-17-51-9-11-53-19-27-71-61-36-46-102-88-62(35-45-101(87(61)88)91(99)107(69)77(51)79(53)109(71)91)72-28-20-54-12-10-52-18-26-70-60-32-42-98-84-58(34-44-100(86(60)84)92(102)108(70)78(52)80(54)110(72)92)68-24-16-50-8-6-48-14-22-66-56-30-38-94-64-4-2-40-96(82(56)64)90(98)104(66)74(48)76(50)106(68)90/h1-46H/q+16. The van der Waals surface area contributed by atoms with Gasteiger partial charge in [0.05, 0.1) is 43.1 Å². The quantitative estimate of drug-likeness (QED) is 0.138. The van der Waals surface area contributed by atoms with E-state index in [2.05, 4.69) is 341 Å². The molecule has 12 aliphatic heterocycles. The molecule has 34 rings (SSSR count). The first-order valence-corrected chi connectivity index (χ1v) is 38.0. The summed E-state index contributed by atoms with van der Waals surface area (Å²) in [5.41, 5.74) is 39.1. The maximum Gasteiger partial charge on any atom is 0.771 e. The SMILES string of the molecule is c1cc2nccc3c2[n+](c1)C12[n+]4ccc5c6c4c(cc[n+]6C46[n+]7ccc8c9c7c(cc[n+]9C79[n+]%10ccc%11c%12c%10c(cc[n+]%12C%10%12[n+]%13cccc%14nccc(c%14%13)-c%13ccc%14ccc%15ccc-%11[n+]%10c%15c%14[n+]%13%12)-c%10ccc%11ccc%12ccc-8[n+]7c%12c%11[n+]%109)-c7ccc8ccc9ccc-5[n+]4c9c8[n+]76)-c4ccc5ccc6ccc-3[n+]1c6c5[n+]42. The van der Waals surface area contributed by atoms with Gasteiger partial charge in [0.25, 0.3) is 11.0 Å². The molecule has 4 aromatic carbocycles. The van der Waals surface area contributed by atoms with E-state index in [1.807, 2.05) is 12.4 Å². The van der Waals surface area contributed by atoms with E-state index in [4.69, 9.17) is 9.97 Å². The average molecular weight is 1400 g/mol. The number of nitrogens with zero attached hydrogens (tertiary/aromatic N) is 18. The van der Waals surface area contributed by atoms with E-state index in [1.54, 1.807) is 0 Å². The van der Waals surface area contributed by atoms with E-state index in [9.17, 15) is 0 Å². The van der Waals surface area contributed by atoms with Gasteiger partial charge >= 0.3 is 101 Å². The van der Waals surface area contributed by atoms with E-state index in [0.29, 0.717) is 0 Å². The van der Waals surface area contributed by atoms with E-state index in [0.717, 1.165) is 134 Å². The molecule has 488 valence electrons. The number of rotatable bonds is 0. The highest BCUT2D eigenvalue weighted by Crippen LogP contribution is 2.50. The fourth-order valence-electron chi connectivity index (χ4n) is 25.0. The third-order valence-electron chi connectivity index (χ3n) is 28.5. The highest BCUT2D eigenvalue weighted by atomic mass is 15.7. The van der Waals surface area contributed by atoms with Crippen molar-refractivity contribution in [1.29, 1.82) is 0 Å². The minimum atomic E-state index is -1.12. The van der Waals surface area contributed by atoms with Crippen LogP contribution < -0.4 is 73.1 Å². The van der Waals surface area contributed by atoms with Crippen molar-refractivity contribution in [3.63, 3.8) is 0 Å². The zero-order chi connectivity index (χ0) is 69.4. The molecule has 110 heavy (non-hydrogen) atoms. The normalized spacial score (nSPS) is 20.0. The van der Waals surface area contributed by atoms with Crippen molar-refractivity contribution in [2.45, 2.75) is 23.6 Å². The van der Waals surface area contributed by atoms with Crippen LogP contribution in [-0.4, -0.2) is 9.97 Å². The number of benzene rings is 4. The van der Waals surface area contributed by atoms with Gasteiger partial charge in [0.1, 0.15) is 55.5 Å². The lowest BCUT2D eigenvalue weighted by molar-refractivity contribution is -1.30. The smallest absolute Gasteiger partial charge is 0.250 e. The van der Waals surface area contributed by atoms with Crippen LogP contribution in [0.2, 0.25) is 0 Å². The van der Waals surface area contributed by atoms with E-state index >= 15 is 0 Å². The van der Waals surface area contributed by atoms with Gasteiger partial charge < -0.3 is 0 Å². The van der Waals surface area contributed by atoms with Gasteiger partial charge in [-0.05, 0) is 130 Å². The van der Waals surface area contributed by atoms with Gasteiger partial charge in [-0.25, -0.2) is 9.97 Å². The van der Waals surface area contributed by atoms with Crippen LogP contribution in [0.4, 0.5) is 0 Å².